The fraction of sp³-hybridized carbons (Fsp3) is 0.143. The first-order chi connectivity index (χ1) is 13.8. The molecule has 2 aromatic carbocycles. The van der Waals surface area contributed by atoms with E-state index >= 15 is 0 Å². The van der Waals surface area contributed by atoms with Gasteiger partial charge in [-0.1, -0.05) is 48.5 Å². The summed E-state index contributed by atoms with van der Waals surface area (Å²) >= 11 is 0. The number of nitrogens with zero attached hydrogens (tertiary/aromatic N) is 4. The Kier molecular flexibility index (Phi) is 5.24. The number of nitrogens with one attached hydrogen (secondary N) is 1. The molecular formula is C21H19N5O2. The lowest BCUT2D eigenvalue weighted by molar-refractivity contribution is -0.116. The van der Waals surface area contributed by atoms with Crippen LogP contribution in [-0.2, 0) is 17.8 Å². The van der Waals surface area contributed by atoms with Crippen LogP contribution in [-0.4, -0.2) is 25.7 Å². The molecule has 4 aromatic rings. The van der Waals surface area contributed by atoms with Crippen molar-refractivity contribution in [2.45, 2.75) is 19.4 Å². The standard InChI is InChI=1S/C21H19N5O2/c27-20(10-11-21-23-12-19(28-21)16-6-2-1-3-7-16)25-18-9-5-4-8-17(18)13-26-15-22-14-24-26/h1-9,12,14-15H,10-11,13H2,(H,25,27). The van der Waals surface area contributed by atoms with Crippen LogP contribution in [0, 0.1) is 0 Å². The quantitative estimate of drug-likeness (QED) is 0.535. The minimum Gasteiger partial charge on any atom is -0.441 e. The zero-order chi connectivity index (χ0) is 19.2. The first kappa shape index (κ1) is 17.7. The van der Waals surface area contributed by atoms with Crippen molar-refractivity contribution in [3.63, 3.8) is 0 Å². The van der Waals surface area contributed by atoms with Gasteiger partial charge in [0.05, 0.1) is 12.7 Å². The van der Waals surface area contributed by atoms with E-state index in [0.717, 1.165) is 16.8 Å². The summed E-state index contributed by atoms with van der Waals surface area (Å²) in [6.45, 7) is 0.538. The second-order valence-corrected chi connectivity index (χ2v) is 6.28. The molecule has 140 valence electrons. The maximum Gasteiger partial charge on any atom is 0.224 e. The van der Waals surface area contributed by atoms with Crippen LogP contribution >= 0.6 is 0 Å². The van der Waals surface area contributed by atoms with Crippen LogP contribution in [0.4, 0.5) is 5.69 Å². The Morgan fingerprint density at radius 3 is 2.71 bits per heavy atom. The first-order valence-electron chi connectivity index (χ1n) is 8.98. The number of anilines is 1. The van der Waals surface area contributed by atoms with Gasteiger partial charge in [0.15, 0.2) is 11.7 Å². The SMILES string of the molecule is O=C(CCc1ncc(-c2ccccc2)o1)Nc1ccccc1Cn1cncn1. The molecule has 0 saturated heterocycles. The van der Waals surface area contributed by atoms with Crippen LogP contribution in [0.3, 0.4) is 0 Å². The number of amides is 1. The van der Waals surface area contributed by atoms with Crippen molar-refractivity contribution in [3.8, 4) is 11.3 Å². The molecule has 28 heavy (non-hydrogen) atoms. The minimum absolute atomic E-state index is 0.0921. The second-order valence-electron chi connectivity index (χ2n) is 6.28. The van der Waals surface area contributed by atoms with E-state index in [9.17, 15) is 4.79 Å². The Morgan fingerprint density at radius 1 is 1.07 bits per heavy atom. The molecule has 0 aliphatic rings. The van der Waals surface area contributed by atoms with Gasteiger partial charge in [0.2, 0.25) is 5.91 Å². The molecule has 0 aliphatic carbocycles. The number of hydrogen-bond acceptors (Lipinski definition) is 5. The molecule has 1 amide bonds. The zero-order valence-corrected chi connectivity index (χ0v) is 15.2. The number of carbonyl (C=O) groups excluding carboxylic acids is 1. The highest BCUT2D eigenvalue weighted by Crippen LogP contribution is 2.21. The number of oxazole rings is 1. The summed E-state index contributed by atoms with van der Waals surface area (Å²) in [5.41, 5.74) is 2.69. The molecule has 1 N–H and O–H groups in total. The first-order valence-corrected chi connectivity index (χ1v) is 8.98. The van der Waals surface area contributed by atoms with Crippen molar-refractivity contribution in [1.82, 2.24) is 19.7 Å². The van der Waals surface area contributed by atoms with Crippen LogP contribution in [0.2, 0.25) is 0 Å². The number of para-hydroxylation sites is 1. The smallest absolute Gasteiger partial charge is 0.224 e. The van der Waals surface area contributed by atoms with Gasteiger partial charge in [-0.15, -0.1) is 0 Å². The third-order valence-electron chi connectivity index (χ3n) is 4.27. The number of aromatic nitrogens is 4. The van der Waals surface area contributed by atoms with Gasteiger partial charge < -0.3 is 9.73 Å². The van der Waals surface area contributed by atoms with Crippen LogP contribution in [0.5, 0.6) is 0 Å². The highest BCUT2D eigenvalue weighted by Gasteiger charge is 2.11. The molecule has 0 unspecified atom stereocenters. The third-order valence-corrected chi connectivity index (χ3v) is 4.27. The van der Waals surface area contributed by atoms with Gasteiger partial charge in [0, 0.05) is 24.1 Å². The van der Waals surface area contributed by atoms with E-state index in [0.29, 0.717) is 24.6 Å². The summed E-state index contributed by atoms with van der Waals surface area (Å²) in [5, 5.41) is 7.07. The Balaban J connectivity index is 1.36. The van der Waals surface area contributed by atoms with E-state index in [4.69, 9.17) is 4.42 Å². The van der Waals surface area contributed by atoms with E-state index < -0.39 is 0 Å². The number of carbonyl (C=O) groups is 1. The Labute approximate surface area is 162 Å². The molecule has 0 atom stereocenters. The molecule has 0 bridgehead atoms. The molecular weight excluding hydrogens is 354 g/mol. The second kappa shape index (κ2) is 8.30. The van der Waals surface area contributed by atoms with Gasteiger partial charge in [0.25, 0.3) is 0 Å². The summed E-state index contributed by atoms with van der Waals surface area (Å²) < 4.78 is 7.47. The maximum absolute atomic E-state index is 12.4. The van der Waals surface area contributed by atoms with E-state index in [1.165, 1.54) is 6.33 Å². The lowest BCUT2D eigenvalue weighted by atomic mass is 10.1. The summed E-state index contributed by atoms with van der Waals surface area (Å²) in [6.07, 6.45) is 5.54. The predicted octanol–water partition coefficient (Wildman–Crippen LogP) is 3.55. The molecule has 7 heteroatoms. The Hall–Kier alpha value is -3.74. The summed E-state index contributed by atoms with van der Waals surface area (Å²) in [5.74, 6) is 1.16. The molecule has 4 rings (SSSR count). The molecule has 0 aliphatic heterocycles. The van der Waals surface area contributed by atoms with Gasteiger partial charge in [-0.2, -0.15) is 5.10 Å². The molecule has 0 fully saturated rings. The number of aryl methyl sites for hydroxylation is 1. The minimum atomic E-state index is -0.0921. The monoisotopic (exact) mass is 373 g/mol. The van der Waals surface area contributed by atoms with Crippen molar-refractivity contribution in [2.24, 2.45) is 0 Å². The van der Waals surface area contributed by atoms with Crippen molar-refractivity contribution in [1.29, 1.82) is 0 Å². The molecule has 2 aromatic heterocycles. The Morgan fingerprint density at radius 2 is 1.89 bits per heavy atom. The van der Waals surface area contributed by atoms with E-state index in [2.05, 4.69) is 20.4 Å². The van der Waals surface area contributed by atoms with Gasteiger partial charge in [-0.3, -0.25) is 4.79 Å². The average Bonchev–Trinajstić information content (AvgIpc) is 3.41. The normalized spacial score (nSPS) is 10.7. The number of hydrogen-bond donors (Lipinski definition) is 1. The van der Waals surface area contributed by atoms with Crippen molar-refractivity contribution in [3.05, 3.63) is 84.9 Å². The molecule has 7 nitrogen and oxygen atoms in total. The van der Waals surface area contributed by atoms with Crippen molar-refractivity contribution < 1.29 is 9.21 Å². The largest absolute Gasteiger partial charge is 0.441 e. The van der Waals surface area contributed by atoms with Gasteiger partial charge in [-0.25, -0.2) is 14.6 Å². The number of rotatable bonds is 7. The highest BCUT2D eigenvalue weighted by molar-refractivity contribution is 5.91. The molecule has 0 saturated carbocycles. The fourth-order valence-electron chi connectivity index (χ4n) is 2.86. The van der Waals surface area contributed by atoms with E-state index in [1.54, 1.807) is 17.2 Å². The fourth-order valence-corrected chi connectivity index (χ4v) is 2.86. The maximum atomic E-state index is 12.4. The van der Waals surface area contributed by atoms with Crippen LogP contribution in [0.25, 0.3) is 11.3 Å². The van der Waals surface area contributed by atoms with E-state index in [-0.39, 0.29) is 12.3 Å². The van der Waals surface area contributed by atoms with Crippen molar-refractivity contribution in [2.75, 3.05) is 5.32 Å². The summed E-state index contributed by atoms with van der Waals surface area (Å²) in [6, 6.07) is 17.4. The summed E-state index contributed by atoms with van der Waals surface area (Å²) in [7, 11) is 0. The zero-order valence-electron chi connectivity index (χ0n) is 15.2. The topological polar surface area (TPSA) is 85.8 Å². The van der Waals surface area contributed by atoms with Crippen LogP contribution < -0.4 is 5.32 Å². The highest BCUT2D eigenvalue weighted by atomic mass is 16.4. The summed E-state index contributed by atoms with van der Waals surface area (Å²) in [4.78, 5) is 20.6. The number of benzene rings is 2. The van der Waals surface area contributed by atoms with E-state index in [1.807, 2.05) is 54.6 Å². The lowest BCUT2D eigenvalue weighted by Gasteiger charge is -2.10. The van der Waals surface area contributed by atoms with Gasteiger partial charge >= 0.3 is 0 Å². The lowest BCUT2D eigenvalue weighted by Crippen LogP contribution is -2.14. The predicted molar refractivity (Wildman–Crippen MR) is 104 cm³/mol. The Bertz CT molecular complexity index is 1040. The average molecular weight is 373 g/mol. The third kappa shape index (κ3) is 4.32. The van der Waals surface area contributed by atoms with Gasteiger partial charge in [0.1, 0.15) is 12.7 Å². The van der Waals surface area contributed by atoms with Crippen LogP contribution in [0.15, 0.2) is 77.9 Å². The van der Waals surface area contributed by atoms with Gasteiger partial charge in [-0.05, 0) is 11.6 Å². The molecule has 2 heterocycles. The van der Waals surface area contributed by atoms with Crippen LogP contribution in [0.1, 0.15) is 17.9 Å². The molecule has 0 spiro atoms. The van der Waals surface area contributed by atoms with Crippen molar-refractivity contribution >= 4 is 11.6 Å². The molecule has 0 radical (unpaired) electrons.